The molecule has 1 aliphatic rings. The predicted molar refractivity (Wildman–Crippen MR) is 68.2 cm³/mol. The molecule has 1 N–H and O–H groups in total. The number of aliphatic hydroxyl groups excluding tert-OH is 1. The monoisotopic (exact) mass is 287 g/mol. The first-order valence-electron chi connectivity index (χ1n) is 5.95. The van der Waals surface area contributed by atoms with Crippen molar-refractivity contribution in [2.24, 2.45) is 0 Å². The van der Waals surface area contributed by atoms with E-state index in [0.29, 0.717) is 30.1 Å². The van der Waals surface area contributed by atoms with Crippen LogP contribution in [0.25, 0.3) is 0 Å². The number of hydrogen-bond donors (Lipinski definition) is 1. The summed E-state index contributed by atoms with van der Waals surface area (Å²) in [7, 11) is 1.31. The van der Waals surface area contributed by atoms with Crippen molar-refractivity contribution in [2.75, 3.05) is 13.7 Å². The largest absolute Gasteiger partial charge is 0.468 e. The van der Waals surface area contributed by atoms with Crippen molar-refractivity contribution in [2.45, 2.75) is 25.1 Å². The summed E-state index contributed by atoms with van der Waals surface area (Å²) < 4.78 is 17.9. The van der Waals surface area contributed by atoms with Crippen molar-refractivity contribution < 1.29 is 19.0 Å². The molecule has 2 atom stereocenters. The predicted octanol–water partition coefficient (Wildman–Crippen LogP) is 1.59. The standard InChI is InChI=1S/C13H15ClFNO3/c1-19-13(18)12-5-10(17)7-16(12)6-8-4-9(15)2-3-11(8)14/h2-4,10,12,17H,5-7H2,1H3. The molecule has 1 aromatic carbocycles. The third-order valence-corrected chi connectivity index (χ3v) is 3.60. The topological polar surface area (TPSA) is 49.8 Å². The second kappa shape index (κ2) is 5.86. The minimum Gasteiger partial charge on any atom is -0.468 e. The Balaban J connectivity index is 2.16. The summed E-state index contributed by atoms with van der Waals surface area (Å²) in [6.45, 7) is 0.639. The van der Waals surface area contributed by atoms with Crippen LogP contribution in [0.3, 0.4) is 0 Å². The molecule has 0 aliphatic carbocycles. The maximum atomic E-state index is 13.2. The van der Waals surface area contributed by atoms with Crippen LogP contribution in [0.1, 0.15) is 12.0 Å². The molecule has 0 amide bonds. The van der Waals surface area contributed by atoms with Gasteiger partial charge >= 0.3 is 5.97 Å². The fraction of sp³-hybridized carbons (Fsp3) is 0.462. The smallest absolute Gasteiger partial charge is 0.323 e. The van der Waals surface area contributed by atoms with E-state index in [2.05, 4.69) is 0 Å². The van der Waals surface area contributed by atoms with Crippen molar-refractivity contribution in [3.05, 3.63) is 34.6 Å². The number of nitrogens with zero attached hydrogens (tertiary/aromatic N) is 1. The van der Waals surface area contributed by atoms with Crippen molar-refractivity contribution >= 4 is 17.6 Å². The van der Waals surface area contributed by atoms with Gasteiger partial charge < -0.3 is 9.84 Å². The van der Waals surface area contributed by atoms with Crippen LogP contribution in [0, 0.1) is 5.82 Å². The highest BCUT2D eigenvalue weighted by molar-refractivity contribution is 6.31. The van der Waals surface area contributed by atoms with Gasteiger partial charge in [0.25, 0.3) is 0 Å². The van der Waals surface area contributed by atoms with E-state index in [0.717, 1.165) is 0 Å². The second-order valence-electron chi connectivity index (χ2n) is 4.59. The van der Waals surface area contributed by atoms with E-state index in [1.54, 1.807) is 4.90 Å². The van der Waals surface area contributed by atoms with Gasteiger partial charge in [-0.25, -0.2) is 4.39 Å². The molecule has 1 fully saturated rings. The Morgan fingerprint density at radius 3 is 3.05 bits per heavy atom. The zero-order chi connectivity index (χ0) is 14.0. The Morgan fingerprint density at radius 1 is 1.63 bits per heavy atom. The number of carbonyl (C=O) groups is 1. The highest BCUT2D eigenvalue weighted by atomic mass is 35.5. The highest BCUT2D eigenvalue weighted by Gasteiger charge is 2.36. The van der Waals surface area contributed by atoms with Crippen LogP contribution in [-0.4, -0.2) is 41.8 Å². The van der Waals surface area contributed by atoms with Crippen molar-refractivity contribution in [1.82, 2.24) is 4.90 Å². The number of β-amino-alcohol motifs (C(OH)–C–C–N with tert-alkyl or cyclic N) is 1. The molecule has 2 unspecified atom stereocenters. The van der Waals surface area contributed by atoms with Crippen molar-refractivity contribution in [1.29, 1.82) is 0 Å². The minimum atomic E-state index is -0.587. The molecule has 0 bridgehead atoms. The zero-order valence-corrected chi connectivity index (χ0v) is 11.2. The van der Waals surface area contributed by atoms with Crippen LogP contribution in [0.2, 0.25) is 5.02 Å². The van der Waals surface area contributed by atoms with Gasteiger partial charge in [-0.3, -0.25) is 9.69 Å². The average molecular weight is 288 g/mol. The van der Waals surface area contributed by atoms with Crippen LogP contribution in [-0.2, 0) is 16.1 Å². The Morgan fingerprint density at radius 2 is 2.37 bits per heavy atom. The van der Waals surface area contributed by atoms with E-state index >= 15 is 0 Å². The van der Waals surface area contributed by atoms with Gasteiger partial charge in [0.05, 0.1) is 13.2 Å². The summed E-state index contributed by atoms with van der Waals surface area (Å²) >= 11 is 6.00. The van der Waals surface area contributed by atoms with E-state index in [1.807, 2.05) is 0 Å². The molecular weight excluding hydrogens is 273 g/mol. The molecule has 1 aromatic rings. The number of halogens is 2. The fourth-order valence-electron chi connectivity index (χ4n) is 2.32. The van der Waals surface area contributed by atoms with E-state index in [4.69, 9.17) is 16.3 Å². The second-order valence-corrected chi connectivity index (χ2v) is 5.00. The van der Waals surface area contributed by atoms with Gasteiger partial charge in [0, 0.05) is 24.5 Å². The van der Waals surface area contributed by atoms with Gasteiger partial charge in [0.2, 0.25) is 0 Å². The van der Waals surface area contributed by atoms with Crippen molar-refractivity contribution in [3.63, 3.8) is 0 Å². The van der Waals surface area contributed by atoms with E-state index in [-0.39, 0.29) is 5.82 Å². The van der Waals surface area contributed by atoms with Gasteiger partial charge in [0.1, 0.15) is 11.9 Å². The number of likely N-dealkylation sites (tertiary alicyclic amines) is 1. The number of rotatable bonds is 3. The van der Waals surface area contributed by atoms with Crippen LogP contribution in [0.15, 0.2) is 18.2 Å². The van der Waals surface area contributed by atoms with Gasteiger partial charge in [-0.2, -0.15) is 0 Å². The van der Waals surface area contributed by atoms with Crippen LogP contribution in [0.4, 0.5) is 4.39 Å². The maximum Gasteiger partial charge on any atom is 0.323 e. The molecule has 1 aliphatic heterocycles. The Hall–Kier alpha value is -1.17. The molecule has 0 saturated carbocycles. The third-order valence-electron chi connectivity index (χ3n) is 3.24. The van der Waals surface area contributed by atoms with Gasteiger partial charge in [-0.15, -0.1) is 0 Å². The van der Waals surface area contributed by atoms with Gasteiger partial charge in [0.15, 0.2) is 0 Å². The molecule has 0 radical (unpaired) electrons. The molecule has 104 valence electrons. The lowest BCUT2D eigenvalue weighted by Crippen LogP contribution is -2.36. The first kappa shape index (κ1) is 14.2. The molecule has 6 heteroatoms. The Bertz CT molecular complexity index is 483. The Labute approximate surface area is 115 Å². The molecule has 0 aromatic heterocycles. The van der Waals surface area contributed by atoms with Crippen LogP contribution in [0.5, 0.6) is 0 Å². The molecule has 0 spiro atoms. The van der Waals surface area contributed by atoms with Crippen molar-refractivity contribution in [3.8, 4) is 0 Å². The molecule has 19 heavy (non-hydrogen) atoms. The number of methoxy groups -OCH3 is 1. The third kappa shape index (κ3) is 3.23. The molecule has 1 saturated heterocycles. The number of hydrogen-bond acceptors (Lipinski definition) is 4. The number of benzene rings is 1. The van der Waals surface area contributed by atoms with E-state index < -0.39 is 18.1 Å². The summed E-state index contributed by atoms with van der Waals surface area (Å²) in [5.74, 6) is -0.780. The van der Waals surface area contributed by atoms with Crippen LogP contribution >= 0.6 is 11.6 Å². The van der Waals surface area contributed by atoms with Gasteiger partial charge in [-0.05, 0) is 23.8 Å². The summed E-state index contributed by atoms with van der Waals surface area (Å²) in [5, 5.41) is 10.1. The molecular formula is C13H15ClFNO3. The fourth-order valence-corrected chi connectivity index (χ4v) is 2.50. The Kier molecular flexibility index (Phi) is 4.39. The zero-order valence-electron chi connectivity index (χ0n) is 10.5. The lowest BCUT2D eigenvalue weighted by Gasteiger charge is -2.22. The number of esters is 1. The number of ether oxygens (including phenoxy) is 1. The van der Waals surface area contributed by atoms with E-state index in [9.17, 15) is 14.3 Å². The molecule has 4 nitrogen and oxygen atoms in total. The SMILES string of the molecule is COC(=O)C1CC(O)CN1Cc1cc(F)ccc1Cl. The van der Waals surface area contributed by atoms with Gasteiger partial charge in [-0.1, -0.05) is 11.6 Å². The molecule has 1 heterocycles. The lowest BCUT2D eigenvalue weighted by atomic mass is 10.1. The normalized spacial score (nSPS) is 23.6. The van der Waals surface area contributed by atoms with Crippen LogP contribution < -0.4 is 0 Å². The summed E-state index contributed by atoms with van der Waals surface area (Å²) in [5.41, 5.74) is 0.588. The summed E-state index contributed by atoms with van der Waals surface area (Å²) in [6, 6.07) is 3.58. The first-order chi connectivity index (χ1) is 9.01. The highest BCUT2D eigenvalue weighted by Crippen LogP contribution is 2.25. The minimum absolute atomic E-state index is 0.299. The quantitative estimate of drug-likeness (QED) is 0.858. The average Bonchev–Trinajstić information content (AvgIpc) is 2.74. The van der Waals surface area contributed by atoms with E-state index in [1.165, 1.54) is 25.3 Å². The maximum absolute atomic E-state index is 13.2. The summed E-state index contributed by atoms with van der Waals surface area (Å²) in [4.78, 5) is 13.4. The molecule has 2 rings (SSSR count). The lowest BCUT2D eigenvalue weighted by molar-refractivity contribution is -0.146. The number of carbonyl (C=O) groups excluding carboxylic acids is 1. The first-order valence-corrected chi connectivity index (χ1v) is 6.33. The summed E-state index contributed by atoms with van der Waals surface area (Å²) in [6.07, 6.45) is -0.268. The number of aliphatic hydroxyl groups is 1.